The molecule has 1 aromatic rings. The molecule has 0 aliphatic carbocycles. The van der Waals surface area contributed by atoms with Crippen molar-refractivity contribution in [2.75, 3.05) is 13.1 Å². The van der Waals surface area contributed by atoms with Crippen LogP contribution in [0.4, 0.5) is 0 Å². The van der Waals surface area contributed by atoms with Gasteiger partial charge in [0.1, 0.15) is 12.1 Å². The van der Waals surface area contributed by atoms with Gasteiger partial charge in [-0.05, 0) is 37.0 Å². The van der Waals surface area contributed by atoms with Crippen molar-refractivity contribution in [1.82, 2.24) is 9.88 Å². The van der Waals surface area contributed by atoms with Gasteiger partial charge in [-0.2, -0.15) is 0 Å². The Morgan fingerprint density at radius 2 is 1.75 bits per heavy atom. The van der Waals surface area contributed by atoms with E-state index in [9.17, 15) is 9.90 Å². The lowest BCUT2D eigenvalue weighted by atomic mass is 10.0. The molecule has 1 fully saturated rings. The summed E-state index contributed by atoms with van der Waals surface area (Å²) in [4.78, 5) is 17.8. The molecule has 7 heteroatoms. The molecule has 2 heterocycles. The monoisotopic (exact) mass is 321 g/mol. The number of aliphatic hydroxyl groups excluding tert-OH is 1. The summed E-state index contributed by atoms with van der Waals surface area (Å²) in [5.41, 5.74) is 6.49. The Labute approximate surface area is 131 Å². The van der Waals surface area contributed by atoms with Gasteiger partial charge >= 0.3 is 0 Å². The molecule has 0 aromatic carbocycles. The molecule has 1 aliphatic heterocycles. The second-order valence-electron chi connectivity index (χ2n) is 4.64. The summed E-state index contributed by atoms with van der Waals surface area (Å²) in [7, 11) is 0. The highest BCUT2D eigenvalue weighted by Gasteiger charge is 2.28. The van der Waals surface area contributed by atoms with Gasteiger partial charge in [0, 0.05) is 25.5 Å². The van der Waals surface area contributed by atoms with E-state index in [4.69, 9.17) is 5.73 Å². The van der Waals surface area contributed by atoms with Crippen molar-refractivity contribution in [3.05, 3.63) is 30.1 Å². The summed E-state index contributed by atoms with van der Waals surface area (Å²) in [6.07, 6.45) is 5.38. The summed E-state index contributed by atoms with van der Waals surface area (Å²) < 4.78 is 0. The Morgan fingerprint density at radius 1 is 1.20 bits per heavy atom. The first-order valence-electron chi connectivity index (χ1n) is 6.32. The highest BCUT2D eigenvalue weighted by Crippen LogP contribution is 2.18. The lowest BCUT2D eigenvalue weighted by molar-refractivity contribution is -0.136. The third-order valence-corrected chi connectivity index (χ3v) is 3.34. The van der Waals surface area contributed by atoms with Crippen molar-refractivity contribution >= 4 is 30.7 Å². The fourth-order valence-corrected chi connectivity index (χ4v) is 2.23. The molecule has 0 radical (unpaired) electrons. The van der Waals surface area contributed by atoms with E-state index < -0.39 is 12.1 Å². The van der Waals surface area contributed by atoms with Crippen molar-refractivity contribution < 1.29 is 9.90 Å². The van der Waals surface area contributed by atoms with Gasteiger partial charge in [-0.3, -0.25) is 9.78 Å². The molecule has 0 saturated carbocycles. The molecule has 114 valence electrons. The van der Waals surface area contributed by atoms with Crippen LogP contribution in [0.15, 0.2) is 24.5 Å². The zero-order valence-electron chi connectivity index (χ0n) is 11.1. The van der Waals surface area contributed by atoms with Gasteiger partial charge in [-0.25, -0.2) is 0 Å². The first kappa shape index (κ1) is 19.1. The summed E-state index contributed by atoms with van der Waals surface area (Å²) >= 11 is 0. The summed E-state index contributed by atoms with van der Waals surface area (Å²) in [6.45, 7) is 1.49. The Bertz CT molecular complexity index is 400. The number of hydrogen-bond donors (Lipinski definition) is 2. The van der Waals surface area contributed by atoms with Crippen LogP contribution in [-0.2, 0) is 4.79 Å². The van der Waals surface area contributed by atoms with E-state index >= 15 is 0 Å². The summed E-state index contributed by atoms with van der Waals surface area (Å²) in [5.74, 6) is -0.168. The minimum atomic E-state index is -0.970. The molecule has 20 heavy (non-hydrogen) atoms. The number of amides is 1. The molecule has 2 atom stereocenters. The lowest BCUT2D eigenvalue weighted by Crippen LogP contribution is -2.48. The topological polar surface area (TPSA) is 79.5 Å². The highest BCUT2D eigenvalue weighted by molar-refractivity contribution is 5.85. The Morgan fingerprint density at radius 3 is 2.30 bits per heavy atom. The largest absolute Gasteiger partial charge is 0.386 e. The van der Waals surface area contributed by atoms with Gasteiger partial charge in [0.2, 0.25) is 5.91 Å². The van der Waals surface area contributed by atoms with Crippen LogP contribution >= 0.6 is 24.8 Å². The van der Waals surface area contributed by atoms with Crippen molar-refractivity contribution in [1.29, 1.82) is 0 Å². The summed E-state index contributed by atoms with van der Waals surface area (Å²) in [5, 5.41) is 10.1. The second-order valence-corrected chi connectivity index (χ2v) is 4.64. The van der Waals surface area contributed by atoms with Crippen molar-refractivity contribution in [3.63, 3.8) is 0 Å². The Kier molecular flexibility index (Phi) is 8.73. The van der Waals surface area contributed by atoms with Crippen LogP contribution < -0.4 is 5.73 Å². The quantitative estimate of drug-likeness (QED) is 0.879. The molecular weight excluding hydrogens is 301 g/mol. The third kappa shape index (κ3) is 4.59. The number of carbonyl (C=O) groups is 1. The van der Waals surface area contributed by atoms with Crippen LogP contribution in [0, 0.1) is 0 Å². The van der Waals surface area contributed by atoms with Crippen LogP contribution in [0.25, 0.3) is 0 Å². The van der Waals surface area contributed by atoms with Crippen LogP contribution in [-0.4, -0.2) is 40.0 Å². The molecular formula is C13H21Cl2N3O2. The maximum atomic E-state index is 12.1. The van der Waals surface area contributed by atoms with Gasteiger partial charge in [0.05, 0.1) is 0 Å². The van der Waals surface area contributed by atoms with E-state index in [1.54, 1.807) is 29.4 Å². The van der Waals surface area contributed by atoms with Crippen molar-refractivity contribution in [2.24, 2.45) is 5.73 Å². The smallest absolute Gasteiger partial charge is 0.242 e. The fraction of sp³-hybridized carbons (Fsp3) is 0.538. The number of carbonyl (C=O) groups excluding carboxylic acids is 1. The van der Waals surface area contributed by atoms with Gasteiger partial charge < -0.3 is 15.7 Å². The second kappa shape index (κ2) is 9.13. The average molecular weight is 322 g/mol. The SMILES string of the molecule is Cl.Cl.N[C@@H](C(=O)N1CCCCC1)[C@@H](O)c1ccncc1. The minimum absolute atomic E-state index is 0. The van der Waals surface area contributed by atoms with Gasteiger partial charge in [-0.1, -0.05) is 0 Å². The molecule has 2 rings (SSSR count). The number of pyridine rings is 1. The minimum Gasteiger partial charge on any atom is -0.386 e. The number of aromatic nitrogens is 1. The van der Waals surface area contributed by atoms with E-state index in [2.05, 4.69) is 4.98 Å². The zero-order chi connectivity index (χ0) is 13.0. The fourth-order valence-electron chi connectivity index (χ4n) is 2.23. The maximum Gasteiger partial charge on any atom is 0.242 e. The first-order valence-corrected chi connectivity index (χ1v) is 6.32. The molecule has 3 N–H and O–H groups in total. The zero-order valence-corrected chi connectivity index (χ0v) is 12.8. The molecule has 0 spiro atoms. The molecule has 1 amide bonds. The predicted molar refractivity (Wildman–Crippen MR) is 82.1 cm³/mol. The van der Waals surface area contributed by atoms with E-state index in [1.807, 2.05) is 0 Å². The third-order valence-electron chi connectivity index (χ3n) is 3.34. The average Bonchev–Trinajstić information content (AvgIpc) is 2.47. The molecule has 0 bridgehead atoms. The molecule has 1 aliphatic rings. The first-order chi connectivity index (χ1) is 8.70. The highest BCUT2D eigenvalue weighted by atomic mass is 35.5. The Hall–Kier alpha value is -0.880. The van der Waals surface area contributed by atoms with E-state index in [-0.39, 0.29) is 30.7 Å². The van der Waals surface area contributed by atoms with Gasteiger partial charge in [0.15, 0.2) is 0 Å². The number of halogens is 2. The predicted octanol–water partition coefficient (Wildman–Crippen LogP) is 1.30. The molecule has 5 nitrogen and oxygen atoms in total. The summed E-state index contributed by atoms with van der Waals surface area (Å²) in [6, 6.07) is 2.45. The van der Waals surface area contributed by atoms with Crippen molar-refractivity contribution in [3.8, 4) is 0 Å². The standard InChI is InChI=1S/C13H19N3O2.2ClH/c14-11(12(17)10-4-6-15-7-5-10)13(18)16-8-2-1-3-9-16;;/h4-7,11-12,17H,1-3,8-9,14H2;2*1H/t11-,12+;;/m1../s1. The number of nitrogens with zero attached hydrogens (tertiary/aromatic N) is 2. The number of rotatable bonds is 3. The number of aliphatic hydroxyl groups is 1. The van der Waals surface area contributed by atoms with Crippen LogP contribution in [0.5, 0.6) is 0 Å². The van der Waals surface area contributed by atoms with Crippen LogP contribution in [0.1, 0.15) is 30.9 Å². The van der Waals surface area contributed by atoms with Gasteiger partial charge in [0.25, 0.3) is 0 Å². The normalized spacial score (nSPS) is 17.4. The number of hydrogen-bond acceptors (Lipinski definition) is 4. The Balaban J connectivity index is 0.00000180. The number of nitrogens with two attached hydrogens (primary N) is 1. The molecule has 1 saturated heterocycles. The molecule has 0 unspecified atom stereocenters. The van der Waals surface area contributed by atoms with E-state index in [1.165, 1.54) is 0 Å². The van der Waals surface area contributed by atoms with Crippen LogP contribution in [0.2, 0.25) is 0 Å². The van der Waals surface area contributed by atoms with E-state index in [0.29, 0.717) is 5.56 Å². The molecule has 1 aromatic heterocycles. The number of piperidine rings is 1. The van der Waals surface area contributed by atoms with Gasteiger partial charge in [-0.15, -0.1) is 24.8 Å². The maximum absolute atomic E-state index is 12.1. The lowest BCUT2D eigenvalue weighted by Gasteiger charge is -2.30. The van der Waals surface area contributed by atoms with Crippen molar-refractivity contribution in [2.45, 2.75) is 31.4 Å². The van der Waals surface area contributed by atoms with Crippen LogP contribution in [0.3, 0.4) is 0 Å². The van der Waals surface area contributed by atoms with E-state index in [0.717, 1.165) is 32.4 Å². The number of likely N-dealkylation sites (tertiary alicyclic amines) is 1.